The van der Waals surface area contributed by atoms with Crippen LogP contribution in [0.2, 0.25) is 0 Å². The van der Waals surface area contributed by atoms with E-state index in [0.717, 1.165) is 36.1 Å². The third kappa shape index (κ3) is 5.29. The molecule has 1 N–H and O–H groups in total. The standard InChI is InChI=1S/C16H26N4O3.HI/c1-5-22-16(21)20-8-6-19(7-9-20)15(17-4)18-11-14-10-12(2)23-13(14)3;/h10H,5-9,11H2,1-4H3,(H,17,18);1H. The lowest BCUT2D eigenvalue weighted by molar-refractivity contribution is 0.0914. The molecule has 8 heteroatoms. The van der Waals surface area contributed by atoms with Gasteiger partial charge < -0.3 is 24.3 Å². The molecular formula is C16H27IN4O3. The Morgan fingerprint density at radius 3 is 2.42 bits per heavy atom. The number of nitrogens with one attached hydrogen (secondary N) is 1. The number of furan rings is 1. The van der Waals surface area contributed by atoms with Gasteiger partial charge in [0.25, 0.3) is 0 Å². The second-order valence-corrected chi connectivity index (χ2v) is 5.51. The second-order valence-electron chi connectivity index (χ2n) is 5.51. The molecule has 0 unspecified atom stereocenters. The van der Waals surface area contributed by atoms with Gasteiger partial charge in [0.2, 0.25) is 0 Å². The highest BCUT2D eigenvalue weighted by Gasteiger charge is 2.23. The molecule has 1 aromatic rings. The molecule has 0 spiro atoms. The molecule has 2 heterocycles. The van der Waals surface area contributed by atoms with Crippen molar-refractivity contribution < 1.29 is 13.9 Å². The summed E-state index contributed by atoms with van der Waals surface area (Å²) in [6.45, 7) is 9.57. The lowest BCUT2D eigenvalue weighted by Crippen LogP contribution is -2.53. The van der Waals surface area contributed by atoms with Crippen LogP contribution >= 0.6 is 24.0 Å². The smallest absolute Gasteiger partial charge is 0.409 e. The maximum Gasteiger partial charge on any atom is 0.409 e. The topological polar surface area (TPSA) is 70.3 Å². The van der Waals surface area contributed by atoms with Gasteiger partial charge in [-0.2, -0.15) is 0 Å². The van der Waals surface area contributed by atoms with E-state index in [1.165, 1.54) is 0 Å². The Balaban J connectivity index is 0.00000288. The number of amides is 1. The molecule has 1 aliphatic rings. The Hall–Kier alpha value is -1.45. The van der Waals surface area contributed by atoms with E-state index in [1.54, 1.807) is 11.9 Å². The molecule has 24 heavy (non-hydrogen) atoms. The van der Waals surface area contributed by atoms with Gasteiger partial charge in [0.05, 0.1) is 6.61 Å². The summed E-state index contributed by atoms with van der Waals surface area (Å²) in [5, 5.41) is 3.36. The number of ether oxygens (including phenoxy) is 1. The van der Waals surface area contributed by atoms with Crippen LogP contribution in [0.15, 0.2) is 15.5 Å². The zero-order chi connectivity index (χ0) is 16.8. The first-order chi connectivity index (χ1) is 11.0. The van der Waals surface area contributed by atoms with E-state index in [4.69, 9.17) is 9.15 Å². The lowest BCUT2D eigenvalue weighted by Gasteiger charge is -2.35. The number of aryl methyl sites for hydroxylation is 2. The Kier molecular flexibility index (Phi) is 8.37. The van der Waals surface area contributed by atoms with Crippen molar-refractivity contribution in [3.63, 3.8) is 0 Å². The largest absolute Gasteiger partial charge is 0.466 e. The van der Waals surface area contributed by atoms with E-state index in [-0.39, 0.29) is 30.1 Å². The molecule has 1 amide bonds. The highest BCUT2D eigenvalue weighted by Crippen LogP contribution is 2.13. The molecule has 1 saturated heterocycles. The molecule has 136 valence electrons. The number of halogens is 1. The van der Waals surface area contributed by atoms with Crippen LogP contribution in [0.5, 0.6) is 0 Å². The molecular weight excluding hydrogens is 423 g/mol. The first-order valence-electron chi connectivity index (χ1n) is 7.98. The quantitative estimate of drug-likeness (QED) is 0.435. The van der Waals surface area contributed by atoms with Crippen LogP contribution in [0, 0.1) is 13.8 Å². The predicted octanol–water partition coefficient (Wildman–Crippen LogP) is 2.36. The van der Waals surface area contributed by atoms with E-state index < -0.39 is 0 Å². The number of piperazine rings is 1. The zero-order valence-corrected chi connectivity index (χ0v) is 17.1. The Labute approximate surface area is 160 Å². The van der Waals surface area contributed by atoms with Gasteiger partial charge in [0, 0.05) is 45.3 Å². The minimum Gasteiger partial charge on any atom is -0.466 e. The molecule has 2 rings (SSSR count). The van der Waals surface area contributed by atoms with Crippen molar-refractivity contribution in [1.82, 2.24) is 15.1 Å². The summed E-state index contributed by atoms with van der Waals surface area (Å²) in [7, 11) is 1.77. The van der Waals surface area contributed by atoms with Crippen LogP contribution in [0.3, 0.4) is 0 Å². The van der Waals surface area contributed by atoms with Crippen molar-refractivity contribution >= 4 is 36.0 Å². The van der Waals surface area contributed by atoms with Crippen LogP contribution < -0.4 is 5.32 Å². The molecule has 0 radical (unpaired) electrons. The van der Waals surface area contributed by atoms with Crippen LogP contribution in [0.25, 0.3) is 0 Å². The molecule has 0 saturated carbocycles. The van der Waals surface area contributed by atoms with Gasteiger partial charge in [-0.1, -0.05) is 0 Å². The molecule has 0 aliphatic carbocycles. The summed E-state index contributed by atoms with van der Waals surface area (Å²) >= 11 is 0. The maximum atomic E-state index is 11.7. The predicted molar refractivity (Wildman–Crippen MR) is 104 cm³/mol. The fourth-order valence-electron chi connectivity index (χ4n) is 2.68. The number of hydrogen-bond acceptors (Lipinski definition) is 4. The summed E-state index contributed by atoms with van der Waals surface area (Å²) < 4.78 is 10.6. The van der Waals surface area contributed by atoms with Gasteiger partial charge >= 0.3 is 6.09 Å². The van der Waals surface area contributed by atoms with Crippen molar-refractivity contribution in [3.05, 3.63) is 23.2 Å². The number of nitrogens with zero attached hydrogens (tertiary/aromatic N) is 3. The van der Waals surface area contributed by atoms with E-state index in [0.29, 0.717) is 26.2 Å². The third-order valence-electron chi connectivity index (χ3n) is 3.90. The molecule has 1 aliphatic heterocycles. The number of rotatable bonds is 3. The molecule has 0 bridgehead atoms. The van der Waals surface area contributed by atoms with Gasteiger partial charge in [-0.15, -0.1) is 24.0 Å². The minimum absolute atomic E-state index is 0. The zero-order valence-electron chi connectivity index (χ0n) is 14.8. The maximum absolute atomic E-state index is 11.7. The van der Waals surface area contributed by atoms with E-state index in [1.807, 2.05) is 26.8 Å². The number of carbonyl (C=O) groups is 1. The van der Waals surface area contributed by atoms with Crippen molar-refractivity contribution in [3.8, 4) is 0 Å². The number of hydrogen-bond donors (Lipinski definition) is 1. The van der Waals surface area contributed by atoms with Crippen LogP contribution in [-0.4, -0.2) is 61.7 Å². The van der Waals surface area contributed by atoms with E-state index in [9.17, 15) is 4.79 Å². The Morgan fingerprint density at radius 1 is 1.29 bits per heavy atom. The van der Waals surface area contributed by atoms with Crippen LogP contribution in [0.4, 0.5) is 4.79 Å². The normalized spacial score (nSPS) is 15.1. The van der Waals surface area contributed by atoms with Crippen LogP contribution in [-0.2, 0) is 11.3 Å². The summed E-state index contributed by atoms with van der Waals surface area (Å²) in [6, 6.07) is 2.04. The van der Waals surface area contributed by atoms with Crippen LogP contribution in [0.1, 0.15) is 24.0 Å². The van der Waals surface area contributed by atoms with E-state index in [2.05, 4.69) is 15.2 Å². The molecule has 0 aromatic carbocycles. The fourth-order valence-corrected chi connectivity index (χ4v) is 2.68. The Morgan fingerprint density at radius 2 is 1.92 bits per heavy atom. The van der Waals surface area contributed by atoms with Crippen molar-refractivity contribution in [1.29, 1.82) is 0 Å². The fraction of sp³-hybridized carbons (Fsp3) is 0.625. The summed E-state index contributed by atoms with van der Waals surface area (Å²) in [6.07, 6.45) is -0.236. The van der Waals surface area contributed by atoms with Gasteiger partial charge in [0.15, 0.2) is 5.96 Å². The number of aliphatic imine (C=N–C) groups is 1. The highest BCUT2D eigenvalue weighted by molar-refractivity contribution is 14.0. The monoisotopic (exact) mass is 450 g/mol. The first-order valence-corrected chi connectivity index (χ1v) is 7.98. The summed E-state index contributed by atoms with van der Waals surface area (Å²) in [4.78, 5) is 19.9. The Bertz CT molecular complexity index is 566. The number of carbonyl (C=O) groups excluding carboxylic acids is 1. The molecule has 7 nitrogen and oxygen atoms in total. The molecule has 1 fully saturated rings. The molecule has 1 aromatic heterocycles. The van der Waals surface area contributed by atoms with Gasteiger partial charge in [-0.25, -0.2) is 4.79 Å². The summed E-state index contributed by atoms with van der Waals surface area (Å²) in [5.74, 6) is 2.68. The minimum atomic E-state index is -0.236. The van der Waals surface area contributed by atoms with Crippen molar-refractivity contribution in [2.24, 2.45) is 4.99 Å². The molecule has 0 atom stereocenters. The lowest BCUT2D eigenvalue weighted by atomic mass is 10.2. The van der Waals surface area contributed by atoms with Crippen molar-refractivity contribution in [2.75, 3.05) is 39.8 Å². The summed E-state index contributed by atoms with van der Waals surface area (Å²) in [5.41, 5.74) is 1.13. The van der Waals surface area contributed by atoms with Gasteiger partial charge in [0.1, 0.15) is 11.5 Å². The average Bonchev–Trinajstić information content (AvgIpc) is 2.86. The first kappa shape index (κ1) is 20.6. The average molecular weight is 450 g/mol. The van der Waals surface area contributed by atoms with Gasteiger partial charge in [-0.3, -0.25) is 4.99 Å². The third-order valence-corrected chi connectivity index (χ3v) is 3.90. The van der Waals surface area contributed by atoms with Crippen molar-refractivity contribution in [2.45, 2.75) is 27.3 Å². The number of guanidine groups is 1. The highest BCUT2D eigenvalue weighted by atomic mass is 127. The van der Waals surface area contributed by atoms with E-state index >= 15 is 0 Å². The SMILES string of the molecule is CCOC(=O)N1CCN(C(=NC)NCc2cc(C)oc2C)CC1.I. The van der Waals surface area contributed by atoms with Gasteiger partial charge in [-0.05, 0) is 26.8 Å². The second kappa shape index (κ2) is 9.75.